The summed E-state index contributed by atoms with van der Waals surface area (Å²) in [6.45, 7) is 4.64. The molecule has 0 spiro atoms. The highest BCUT2D eigenvalue weighted by molar-refractivity contribution is 5.89. The fraction of sp³-hybridized carbons (Fsp3) is 0.243. The van der Waals surface area contributed by atoms with E-state index in [9.17, 15) is 0 Å². The molecule has 0 fully saturated rings. The topological polar surface area (TPSA) is 0 Å². The Kier molecular flexibility index (Phi) is 8.16. The fourth-order valence-corrected chi connectivity index (χ4v) is 5.84. The highest BCUT2D eigenvalue weighted by Gasteiger charge is 2.18. The molecule has 5 aromatic carbocycles. The van der Waals surface area contributed by atoms with Gasteiger partial charge in [-0.3, -0.25) is 0 Å². The molecule has 0 heteroatoms. The van der Waals surface area contributed by atoms with Crippen molar-refractivity contribution in [3.05, 3.63) is 144 Å². The fourth-order valence-electron chi connectivity index (χ4n) is 5.84. The Morgan fingerprint density at radius 2 is 1.16 bits per heavy atom. The number of fused-ring (bicyclic) bond motifs is 1. The van der Waals surface area contributed by atoms with E-state index in [-0.39, 0.29) is 0 Å². The summed E-state index contributed by atoms with van der Waals surface area (Å²) in [5, 5.41) is 2.67. The van der Waals surface area contributed by atoms with Crippen molar-refractivity contribution in [3.63, 3.8) is 0 Å². The summed E-state index contributed by atoms with van der Waals surface area (Å²) in [6.07, 6.45) is 5.79. The molecule has 0 heterocycles. The van der Waals surface area contributed by atoms with Crippen LogP contribution in [-0.4, -0.2) is 0 Å². The average molecular weight is 483 g/mol. The molecule has 0 N–H and O–H groups in total. The minimum absolute atomic E-state index is 0.384. The quantitative estimate of drug-likeness (QED) is 0.186. The lowest BCUT2D eigenvalue weighted by Crippen LogP contribution is -2.04. The first-order valence-electron chi connectivity index (χ1n) is 14.0. The van der Waals surface area contributed by atoms with Crippen LogP contribution < -0.4 is 0 Å². The number of aryl methyl sites for hydroxylation is 1. The van der Waals surface area contributed by atoms with Crippen molar-refractivity contribution in [1.82, 2.24) is 0 Å². The van der Waals surface area contributed by atoms with Gasteiger partial charge in [-0.1, -0.05) is 136 Å². The van der Waals surface area contributed by atoms with Gasteiger partial charge in [-0.15, -0.1) is 0 Å². The number of hydrogen-bond acceptors (Lipinski definition) is 0. The molecule has 186 valence electrons. The number of hydrogen-bond donors (Lipinski definition) is 0. The molecule has 5 aromatic rings. The molecule has 0 aliphatic rings. The second kappa shape index (κ2) is 12.1. The van der Waals surface area contributed by atoms with Crippen LogP contribution in [0.4, 0.5) is 0 Å². The van der Waals surface area contributed by atoms with E-state index in [1.54, 1.807) is 0 Å². The first-order chi connectivity index (χ1) is 18.3. The minimum atomic E-state index is 0.384. The van der Waals surface area contributed by atoms with Crippen molar-refractivity contribution in [2.75, 3.05) is 0 Å². The molecule has 0 radical (unpaired) electrons. The zero-order valence-electron chi connectivity index (χ0n) is 22.2. The lowest BCUT2D eigenvalue weighted by Gasteiger charge is -2.22. The van der Waals surface area contributed by atoms with Crippen LogP contribution in [0.2, 0.25) is 0 Å². The largest absolute Gasteiger partial charge is 0.0654 e. The van der Waals surface area contributed by atoms with Crippen LogP contribution in [0.1, 0.15) is 73.6 Å². The SMILES string of the molecule is CCCC(CC)c1cc2ccccc2cc1-c1ccc(C(CCc2ccccc2)c2ccccc2)cc1. The van der Waals surface area contributed by atoms with Crippen molar-refractivity contribution >= 4 is 10.8 Å². The smallest absolute Gasteiger partial charge is 0.00925 e. The van der Waals surface area contributed by atoms with Gasteiger partial charge in [0.25, 0.3) is 0 Å². The molecule has 0 aromatic heterocycles. The molecule has 5 rings (SSSR count). The monoisotopic (exact) mass is 482 g/mol. The summed E-state index contributed by atoms with van der Waals surface area (Å²) in [7, 11) is 0. The Hall–Kier alpha value is -3.64. The van der Waals surface area contributed by atoms with E-state index in [0.29, 0.717) is 11.8 Å². The Bertz CT molecular complexity index is 1400. The van der Waals surface area contributed by atoms with Gasteiger partial charge < -0.3 is 0 Å². The van der Waals surface area contributed by atoms with E-state index in [1.165, 1.54) is 63.4 Å². The minimum Gasteiger partial charge on any atom is -0.0654 e. The highest BCUT2D eigenvalue weighted by Crippen LogP contribution is 2.38. The molecule has 0 bridgehead atoms. The molecule has 0 nitrogen and oxygen atoms in total. The van der Waals surface area contributed by atoms with Crippen LogP contribution in [0.3, 0.4) is 0 Å². The van der Waals surface area contributed by atoms with Crippen LogP contribution in [-0.2, 0) is 6.42 Å². The molecule has 0 aliphatic carbocycles. The van der Waals surface area contributed by atoms with E-state index < -0.39 is 0 Å². The van der Waals surface area contributed by atoms with Crippen molar-refractivity contribution < 1.29 is 0 Å². The van der Waals surface area contributed by atoms with Gasteiger partial charge in [-0.05, 0) is 81.8 Å². The molecular formula is C37H38. The van der Waals surface area contributed by atoms with Gasteiger partial charge in [0.1, 0.15) is 0 Å². The van der Waals surface area contributed by atoms with E-state index in [4.69, 9.17) is 0 Å². The number of benzene rings is 5. The maximum atomic E-state index is 2.45. The van der Waals surface area contributed by atoms with Crippen molar-refractivity contribution in [1.29, 1.82) is 0 Å². The predicted octanol–water partition coefficient (Wildman–Crippen LogP) is 10.6. The summed E-state index contributed by atoms with van der Waals surface area (Å²) in [4.78, 5) is 0. The Labute approximate surface area is 223 Å². The van der Waals surface area contributed by atoms with E-state index >= 15 is 0 Å². The summed E-state index contributed by atoms with van der Waals surface area (Å²) in [5.41, 5.74) is 8.42. The third-order valence-electron chi connectivity index (χ3n) is 7.88. The van der Waals surface area contributed by atoms with Crippen LogP contribution in [0, 0.1) is 0 Å². The highest BCUT2D eigenvalue weighted by atomic mass is 14.2. The van der Waals surface area contributed by atoms with Crippen molar-refractivity contribution in [2.24, 2.45) is 0 Å². The van der Waals surface area contributed by atoms with Gasteiger partial charge in [0.05, 0.1) is 0 Å². The lowest BCUT2D eigenvalue weighted by molar-refractivity contribution is 0.597. The van der Waals surface area contributed by atoms with Crippen molar-refractivity contribution in [3.8, 4) is 11.1 Å². The second-order valence-electron chi connectivity index (χ2n) is 10.3. The maximum absolute atomic E-state index is 2.45. The Morgan fingerprint density at radius 3 is 1.81 bits per heavy atom. The molecule has 37 heavy (non-hydrogen) atoms. The maximum Gasteiger partial charge on any atom is 0.00925 e. The van der Waals surface area contributed by atoms with Gasteiger partial charge >= 0.3 is 0 Å². The molecule has 0 saturated carbocycles. The summed E-state index contributed by atoms with van der Waals surface area (Å²) in [6, 6.07) is 45.0. The Morgan fingerprint density at radius 1 is 0.568 bits per heavy atom. The first kappa shape index (κ1) is 25.0. The van der Waals surface area contributed by atoms with Gasteiger partial charge in [-0.2, -0.15) is 0 Å². The lowest BCUT2D eigenvalue weighted by atomic mass is 9.83. The zero-order chi connectivity index (χ0) is 25.5. The van der Waals surface area contributed by atoms with Crippen molar-refractivity contribution in [2.45, 2.75) is 57.8 Å². The third-order valence-corrected chi connectivity index (χ3v) is 7.88. The van der Waals surface area contributed by atoms with Gasteiger partial charge in [0, 0.05) is 5.92 Å². The summed E-state index contributed by atoms with van der Waals surface area (Å²) >= 11 is 0. The third kappa shape index (κ3) is 5.86. The molecular weight excluding hydrogens is 444 g/mol. The van der Waals surface area contributed by atoms with E-state index in [1.807, 2.05) is 0 Å². The van der Waals surface area contributed by atoms with Gasteiger partial charge in [-0.25, -0.2) is 0 Å². The van der Waals surface area contributed by atoms with Crippen LogP contribution in [0.15, 0.2) is 121 Å². The molecule has 2 atom stereocenters. The van der Waals surface area contributed by atoms with Crippen LogP contribution in [0.25, 0.3) is 21.9 Å². The zero-order valence-corrected chi connectivity index (χ0v) is 22.2. The van der Waals surface area contributed by atoms with E-state index in [0.717, 1.165) is 12.8 Å². The van der Waals surface area contributed by atoms with Crippen LogP contribution in [0.5, 0.6) is 0 Å². The Balaban J connectivity index is 1.51. The molecule has 0 amide bonds. The normalized spacial score (nSPS) is 12.9. The number of rotatable bonds is 10. The van der Waals surface area contributed by atoms with E-state index in [2.05, 4.69) is 135 Å². The predicted molar refractivity (Wildman–Crippen MR) is 160 cm³/mol. The summed E-state index contributed by atoms with van der Waals surface area (Å²) < 4.78 is 0. The summed E-state index contributed by atoms with van der Waals surface area (Å²) in [5.74, 6) is 0.974. The van der Waals surface area contributed by atoms with Gasteiger partial charge in [0.2, 0.25) is 0 Å². The first-order valence-corrected chi connectivity index (χ1v) is 14.0. The molecule has 0 aliphatic heterocycles. The second-order valence-corrected chi connectivity index (χ2v) is 10.3. The average Bonchev–Trinajstić information content (AvgIpc) is 2.97. The van der Waals surface area contributed by atoms with Gasteiger partial charge in [0.15, 0.2) is 0 Å². The standard InChI is InChI=1S/C37H38/c1-3-13-29(4-2)36-26-33-18-11-12-19-34(33)27-37(36)32-23-21-31(22-24-32)35(30-16-9-6-10-17-30)25-20-28-14-7-5-8-15-28/h5-12,14-19,21-24,26-27,29,35H,3-4,13,20,25H2,1-2H3. The molecule has 0 saturated heterocycles. The molecule has 2 unspecified atom stereocenters. The van der Waals surface area contributed by atoms with Crippen LogP contribution >= 0.6 is 0 Å².